The minimum absolute atomic E-state index is 0.0218. The number of methoxy groups -OCH3 is 1. The Kier molecular flexibility index (Phi) is 8.27. The van der Waals surface area contributed by atoms with Gasteiger partial charge in [0.2, 0.25) is 6.79 Å². The van der Waals surface area contributed by atoms with Crippen molar-refractivity contribution in [3.63, 3.8) is 0 Å². The number of phenolic OH excluding ortho intramolecular Hbond substituents is 1. The maximum atomic E-state index is 14.9. The number of aliphatic hydroxyl groups is 1. The van der Waals surface area contributed by atoms with E-state index in [1.54, 1.807) is 18.9 Å². The third kappa shape index (κ3) is 4.80. The van der Waals surface area contributed by atoms with Crippen LogP contribution in [0.3, 0.4) is 0 Å². The molecular formula is C42H46N4O9S. The first-order valence-electron chi connectivity index (χ1n) is 19.3. The lowest BCUT2D eigenvalue weighted by atomic mass is 9.73. The summed E-state index contributed by atoms with van der Waals surface area (Å²) in [6.07, 6.45) is 0.254. The van der Waals surface area contributed by atoms with Crippen LogP contribution in [0.25, 0.3) is 10.9 Å². The lowest BCUT2D eigenvalue weighted by Crippen LogP contribution is -2.69. The molecule has 11 rings (SSSR count). The highest BCUT2D eigenvalue weighted by molar-refractivity contribution is 7.99. The summed E-state index contributed by atoms with van der Waals surface area (Å²) >= 11 is 1.58. The van der Waals surface area contributed by atoms with E-state index in [4.69, 9.17) is 23.7 Å². The van der Waals surface area contributed by atoms with E-state index in [1.807, 2.05) is 20.9 Å². The number of aromatic amines is 1. The molecule has 0 aliphatic carbocycles. The molecule has 7 atom stereocenters. The Morgan fingerprint density at radius 3 is 2.68 bits per heavy atom. The number of piperazine rings is 1. The summed E-state index contributed by atoms with van der Waals surface area (Å²) in [7, 11) is 3.55. The largest absolute Gasteiger partial charge is 0.504 e. The number of aromatic nitrogens is 1. The molecule has 13 nitrogen and oxygen atoms in total. The Morgan fingerprint density at radius 1 is 1.09 bits per heavy atom. The topological polar surface area (TPSA) is 155 Å². The van der Waals surface area contributed by atoms with Crippen molar-refractivity contribution in [2.75, 3.05) is 46.5 Å². The average molecular weight is 783 g/mol. The zero-order chi connectivity index (χ0) is 38.9. The van der Waals surface area contributed by atoms with Gasteiger partial charge in [-0.25, -0.2) is 0 Å². The average Bonchev–Trinajstić information content (AvgIpc) is 3.81. The molecule has 4 bridgehead atoms. The number of thioether (sulfide) groups is 1. The van der Waals surface area contributed by atoms with Gasteiger partial charge in [-0.05, 0) is 62.9 Å². The van der Waals surface area contributed by atoms with Crippen LogP contribution in [0.1, 0.15) is 74.5 Å². The number of aryl methyl sites for hydroxylation is 2. The number of hydrogen-bond acceptors (Lipinski definition) is 13. The number of hydrogen-bond donors (Lipinski definition) is 4. The number of rotatable bonds is 2. The van der Waals surface area contributed by atoms with Crippen molar-refractivity contribution in [2.45, 2.75) is 81.7 Å². The molecule has 0 radical (unpaired) electrons. The lowest BCUT2D eigenvalue weighted by molar-refractivity contribution is -0.181. The van der Waals surface area contributed by atoms with Gasteiger partial charge in [-0.3, -0.25) is 24.7 Å². The molecule has 3 aromatic carbocycles. The third-order valence-corrected chi connectivity index (χ3v) is 14.7. The first kappa shape index (κ1) is 36.1. The minimum Gasteiger partial charge on any atom is -0.504 e. The number of carbonyl (C=O) groups is 2. The number of esters is 1. The molecular weight excluding hydrogens is 737 g/mol. The third-order valence-electron chi connectivity index (χ3n) is 13.2. The van der Waals surface area contributed by atoms with Crippen LogP contribution in [0.2, 0.25) is 0 Å². The fourth-order valence-electron chi connectivity index (χ4n) is 10.8. The summed E-state index contributed by atoms with van der Waals surface area (Å²) in [6, 6.07) is 6.33. The van der Waals surface area contributed by atoms with Crippen LogP contribution in [0.4, 0.5) is 0 Å². The van der Waals surface area contributed by atoms with Crippen molar-refractivity contribution in [1.82, 2.24) is 20.1 Å². The molecule has 2 fully saturated rings. The van der Waals surface area contributed by atoms with E-state index >= 15 is 0 Å². The summed E-state index contributed by atoms with van der Waals surface area (Å²) in [4.78, 5) is 35.9. The first-order valence-corrected chi connectivity index (χ1v) is 20.3. The Bertz CT molecular complexity index is 2360. The number of aliphatic hydroxyl groups excluding tert-OH is 1. The van der Waals surface area contributed by atoms with Gasteiger partial charge in [0.15, 0.2) is 28.8 Å². The van der Waals surface area contributed by atoms with Gasteiger partial charge in [0, 0.05) is 64.1 Å². The van der Waals surface area contributed by atoms with Crippen LogP contribution >= 0.6 is 11.8 Å². The summed E-state index contributed by atoms with van der Waals surface area (Å²) in [5.74, 6) is 1.55. The van der Waals surface area contributed by atoms with Gasteiger partial charge in [-0.15, -0.1) is 11.8 Å². The van der Waals surface area contributed by atoms with Gasteiger partial charge in [0.1, 0.15) is 24.1 Å². The van der Waals surface area contributed by atoms with Crippen molar-refractivity contribution < 1.29 is 43.5 Å². The number of aromatic hydroxyl groups is 1. The quantitative estimate of drug-likeness (QED) is 0.167. The molecule has 56 heavy (non-hydrogen) atoms. The number of para-hydroxylation sites is 1. The van der Waals surface area contributed by atoms with Crippen molar-refractivity contribution >= 4 is 34.4 Å². The van der Waals surface area contributed by atoms with Crippen molar-refractivity contribution in [3.8, 4) is 28.7 Å². The van der Waals surface area contributed by atoms with E-state index in [-0.39, 0.29) is 43.3 Å². The molecule has 1 unspecified atom stereocenters. The normalized spacial score (nSPS) is 29.4. The van der Waals surface area contributed by atoms with Gasteiger partial charge in [0.25, 0.3) is 0 Å². The second-order valence-corrected chi connectivity index (χ2v) is 17.2. The van der Waals surface area contributed by atoms with Gasteiger partial charge < -0.3 is 38.9 Å². The van der Waals surface area contributed by atoms with E-state index < -0.39 is 41.1 Å². The molecule has 14 heteroatoms. The van der Waals surface area contributed by atoms with Gasteiger partial charge in [-0.2, -0.15) is 0 Å². The SMILES string of the molecule is COc1c(C)cc2c(c1O)[C@H]1C3[C@@H]4SC[C@]5(NCCc6c5[nH]c5c(C)cccc65)C(=O)COC[C@H](c5c6c(c(C)c(OC(C)=O)c54)OCO6)N3[C@@H](O)[C@H](C2)N1C. The molecule has 294 valence electrons. The highest BCUT2D eigenvalue weighted by Gasteiger charge is 2.61. The maximum Gasteiger partial charge on any atom is 0.308 e. The first-order chi connectivity index (χ1) is 27.0. The van der Waals surface area contributed by atoms with E-state index in [1.165, 1.54) is 6.92 Å². The smallest absolute Gasteiger partial charge is 0.308 e. The van der Waals surface area contributed by atoms with E-state index in [9.17, 15) is 19.8 Å². The second kappa shape index (κ2) is 12.9. The predicted octanol–water partition coefficient (Wildman–Crippen LogP) is 4.53. The fraction of sp³-hybridized carbons (Fsp3) is 0.476. The summed E-state index contributed by atoms with van der Waals surface area (Å²) < 4.78 is 30.8. The van der Waals surface area contributed by atoms with Crippen LogP contribution in [-0.4, -0.2) is 102 Å². The van der Waals surface area contributed by atoms with Gasteiger partial charge in [0.05, 0.1) is 37.1 Å². The highest BCUT2D eigenvalue weighted by Crippen LogP contribution is 2.64. The number of benzene rings is 3. The number of ether oxygens (including phenoxy) is 5. The van der Waals surface area contributed by atoms with Crippen LogP contribution in [0.15, 0.2) is 24.3 Å². The summed E-state index contributed by atoms with van der Waals surface area (Å²) in [5.41, 5.74) is 7.46. The number of carbonyl (C=O) groups excluding carboxylic acids is 2. The Balaban J connectivity index is 1.25. The van der Waals surface area contributed by atoms with Crippen molar-refractivity contribution in [3.05, 3.63) is 74.5 Å². The van der Waals surface area contributed by atoms with Crippen LogP contribution in [-0.2, 0) is 32.7 Å². The van der Waals surface area contributed by atoms with Crippen LogP contribution in [0.5, 0.6) is 28.7 Å². The molecule has 7 aliphatic heterocycles. The molecule has 2 saturated heterocycles. The molecule has 0 saturated carbocycles. The molecule has 1 aromatic heterocycles. The fourth-order valence-corrected chi connectivity index (χ4v) is 12.5. The number of nitrogens with one attached hydrogen (secondary N) is 2. The van der Waals surface area contributed by atoms with E-state index in [0.717, 1.165) is 56.4 Å². The van der Waals surface area contributed by atoms with E-state index in [0.29, 0.717) is 47.1 Å². The Hall–Kier alpha value is -4.31. The van der Waals surface area contributed by atoms with Crippen molar-refractivity contribution in [1.29, 1.82) is 0 Å². The van der Waals surface area contributed by atoms with Crippen LogP contribution in [0, 0.1) is 20.8 Å². The number of fused-ring (bicyclic) bond motifs is 12. The minimum atomic E-state index is -1.15. The predicted molar refractivity (Wildman–Crippen MR) is 208 cm³/mol. The van der Waals surface area contributed by atoms with Crippen LogP contribution < -0.4 is 24.3 Å². The molecule has 4 N–H and O–H groups in total. The maximum absolute atomic E-state index is 14.9. The number of likely N-dealkylation sites (N-methyl/N-ethyl adjacent to an activating group) is 1. The number of H-pyrrole nitrogens is 1. The molecule has 0 amide bonds. The highest BCUT2D eigenvalue weighted by atomic mass is 32.2. The number of phenols is 1. The molecule has 4 aromatic rings. The Morgan fingerprint density at radius 2 is 1.89 bits per heavy atom. The second-order valence-electron chi connectivity index (χ2n) is 16.1. The number of ketones is 1. The van der Waals surface area contributed by atoms with E-state index in [2.05, 4.69) is 51.3 Å². The standard InChI is InChI=1S/C42H46N4O9S/c1-18-8-7-9-23-24-10-11-43-42(40(24)44-31(18)23)16-56-39-30-29(38-37(53-17-54-38)20(3)36(30)55-21(4)47)26(14-52-15-27(42)48)46-33(39)32-28-22(13-25(41(46)50)45(32)5)12-19(2)35(51-6)34(28)49/h7-9,12,25-26,32-33,39,41,43-44,49-50H,10-11,13-17H2,1-6H3/t25-,26+,32-,33?,39+,41-,42-/m0/s1. The number of nitrogens with zero attached hydrogens (tertiary/aromatic N) is 2. The molecule has 7 aliphatic rings. The zero-order valence-corrected chi connectivity index (χ0v) is 33.1. The monoisotopic (exact) mass is 782 g/mol. The van der Waals surface area contributed by atoms with Gasteiger partial charge in [-0.1, -0.05) is 24.3 Å². The molecule has 8 heterocycles. The van der Waals surface area contributed by atoms with Crippen molar-refractivity contribution in [2.24, 2.45) is 0 Å². The Labute approximate surface area is 328 Å². The lowest BCUT2D eigenvalue weighted by Gasteiger charge is -2.61. The zero-order valence-electron chi connectivity index (χ0n) is 32.3. The van der Waals surface area contributed by atoms with Gasteiger partial charge >= 0.3 is 5.97 Å². The summed E-state index contributed by atoms with van der Waals surface area (Å²) in [5, 5.41) is 29.0. The number of Topliss-reactive ketones (excluding diaryl/α,β-unsaturated/α-hetero) is 1. The molecule has 1 spiro atoms. The summed E-state index contributed by atoms with van der Waals surface area (Å²) in [6.45, 7) is 7.64.